The van der Waals surface area contributed by atoms with Gasteiger partial charge < -0.3 is 20.1 Å². The summed E-state index contributed by atoms with van der Waals surface area (Å²) in [7, 11) is 3.80. The van der Waals surface area contributed by atoms with E-state index in [1.807, 2.05) is 0 Å². The summed E-state index contributed by atoms with van der Waals surface area (Å²) in [5, 5.41) is 15.5. The minimum absolute atomic E-state index is 0.0178. The second-order valence-corrected chi connectivity index (χ2v) is 10.1. The predicted octanol–water partition coefficient (Wildman–Crippen LogP) is 2.31. The Labute approximate surface area is 185 Å². The van der Waals surface area contributed by atoms with Gasteiger partial charge in [0.25, 0.3) is 0 Å². The molecule has 1 aliphatic carbocycles. The molecular formula is C25H35N3O3. The molecular weight excluding hydrogens is 390 g/mol. The van der Waals surface area contributed by atoms with Crippen LogP contribution in [0.2, 0.25) is 0 Å². The molecule has 3 aliphatic heterocycles. The summed E-state index contributed by atoms with van der Waals surface area (Å²) in [5.41, 5.74) is 1.03. The number of methoxy groups -OCH3 is 1. The van der Waals surface area contributed by atoms with Crippen molar-refractivity contribution >= 4 is 11.6 Å². The zero-order valence-electron chi connectivity index (χ0n) is 19.3. The molecule has 1 saturated carbocycles. The smallest absolute Gasteiger partial charge is 0.216 e. The number of nitrogens with one attached hydrogen (secondary N) is 1. The first kappa shape index (κ1) is 20.8. The van der Waals surface area contributed by atoms with E-state index < -0.39 is 5.60 Å². The van der Waals surface area contributed by atoms with Gasteiger partial charge >= 0.3 is 0 Å². The number of ether oxygens (including phenoxy) is 1. The number of nitrogens with zero attached hydrogens (tertiary/aromatic N) is 2. The van der Waals surface area contributed by atoms with Gasteiger partial charge in [0.2, 0.25) is 5.91 Å². The fourth-order valence-electron chi connectivity index (χ4n) is 7.96. The first-order valence-electron chi connectivity index (χ1n) is 11.6. The zero-order valence-corrected chi connectivity index (χ0v) is 19.3. The van der Waals surface area contributed by atoms with Crippen molar-refractivity contribution in [3.8, 4) is 5.75 Å². The maximum atomic E-state index is 12.5. The highest BCUT2D eigenvalue weighted by Crippen LogP contribution is 2.68. The number of amides is 1. The fraction of sp³-hybridized carbons (Fsp3) is 0.640. The van der Waals surface area contributed by atoms with E-state index >= 15 is 0 Å². The molecule has 6 atom stereocenters. The number of anilines is 1. The summed E-state index contributed by atoms with van der Waals surface area (Å²) < 4.78 is 5.55. The molecule has 3 heterocycles. The molecule has 0 radical (unpaired) electrons. The summed E-state index contributed by atoms with van der Waals surface area (Å²) >= 11 is 0. The van der Waals surface area contributed by atoms with Crippen LogP contribution in [-0.4, -0.2) is 67.4 Å². The molecule has 1 amide bonds. The first-order valence-corrected chi connectivity index (χ1v) is 11.6. The van der Waals surface area contributed by atoms with E-state index in [0.29, 0.717) is 6.04 Å². The fourth-order valence-corrected chi connectivity index (χ4v) is 7.96. The van der Waals surface area contributed by atoms with E-state index in [9.17, 15) is 9.90 Å². The zero-order chi connectivity index (χ0) is 22.2. The van der Waals surface area contributed by atoms with Gasteiger partial charge in [-0.15, -0.1) is 0 Å². The van der Waals surface area contributed by atoms with Crippen LogP contribution in [0.1, 0.15) is 39.2 Å². The van der Waals surface area contributed by atoms with Crippen LogP contribution in [0.4, 0.5) is 5.69 Å². The number of aliphatic hydroxyl groups is 1. The Kier molecular flexibility index (Phi) is 4.52. The number of rotatable bonds is 4. The summed E-state index contributed by atoms with van der Waals surface area (Å²) in [6.45, 7) is 8.22. The lowest BCUT2D eigenvalue weighted by atomic mass is 9.45. The normalized spacial score (nSPS) is 40.3. The van der Waals surface area contributed by atoms with E-state index in [2.05, 4.69) is 66.4 Å². The highest BCUT2D eigenvalue weighted by atomic mass is 16.5. The Bertz CT molecular complexity index is 948. The Morgan fingerprint density at radius 2 is 2.13 bits per heavy atom. The van der Waals surface area contributed by atoms with Crippen LogP contribution in [-0.2, 0) is 10.2 Å². The standard InChI is InChI=1S/C25H35N3O3/c1-6-23-10-7-12-28-13-11-24(21(23)28)19-9-8-18(31-5)14-20(19)27(4)22(24)25(30,16(23)2)15-26-17(3)29/h7-10,14,16,21-22,30H,6,11-13,15H2,1-5H3,(H,26,29)/t16-,21+,22-,23+,24-,25?/m1/s1. The number of hydrogen-bond acceptors (Lipinski definition) is 5. The van der Waals surface area contributed by atoms with Crippen molar-refractivity contribution in [2.45, 2.75) is 56.7 Å². The average Bonchev–Trinajstić information content (AvgIpc) is 3.28. The van der Waals surface area contributed by atoms with Crippen LogP contribution in [0.5, 0.6) is 5.75 Å². The van der Waals surface area contributed by atoms with Crippen LogP contribution < -0.4 is 15.0 Å². The molecule has 0 bridgehead atoms. The Balaban J connectivity index is 1.78. The minimum Gasteiger partial charge on any atom is -0.497 e. The largest absolute Gasteiger partial charge is 0.497 e. The Morgan fingerprint density at radius 3 is 2.81 bits per heavy atom. The maximum absolute atomic E-state index is 12.5. The van der Waals surface area contributed by atoms with Crippen molar-refractivity contribution in [3.63, 3.8) is 0 Å². The molecule has 5 rings (SSSR count). The van der Waals surface area contributed by atoms with Crippen LogP contribution in [0.3, 0.4) is 0 Å². The molecule has 2 N–H and O–H groups in total. The van der Waals surface area contributed by atoms with Gasteiger partial charge in [0, 0.05) is 55.7 Å². The van der Waals surface area contributed by atoms with Gasteiger partial charge in [-0.05, 0) is 36.9 Å². The highest BCUT2D eigenvalue weighted by molar-refractivity contribution is 5.73. The maximum Gasteiger partial charge on any atom is 0.216 e. The van der Waals surface area contributed by atoms with Gasteiger partial charge in [0.1, 0.15) is 11.4 Å². The summed E-state index contributed by atoms with van der Waals surface area (Å²) in [5.74, 6) is 0.712. The number of carbonyl (C=O) groups is 1. The second-order valence-electron chi connectivity index (χ2n) is 10.1. The van der Waals surface area contributed by atoms with E-state index in [1.165, 1.54) is 12.5 Å². The predicted molar refractivity (Wildman–Crippen MR) is 122 cm³/mol. The van der Waals surface area contributed by atoms with E-state index in [-0.39, 0.29) is 35.2 Å². The lowest BCUT2D eigenvalue weighted by molar-refractivity contribution is -0.156. The molecule has 6 nitrogen and oxygen atoms in total. The number of hydrogen-bond donors (Lipinski definition) is 2. The average molecular weight is 426 g/mol. The van der Waals surface area contributed by atoms with Crippen LogP contribution in [0, 0.1) is 11.3 Å². The van der Waals surface area contributed by atoms with Crippen molar-refractivity contribution in [1.82, 2.24) is 10.2 Å². The van der Waals surface area contributed by atoms with E-state index in [4.69, 9.17) is 4.74 Å². The first-order chi connectivity index (χ1) is 14.8. The molecule has 31 heavy (non-hydrogen) atoms. The number of fused-ring (bicyclic) bond motifs is 1. The second kappa shape index (κ2) is 6.72. The molecule has 168 valence electrons. The quantitative estimate of drug-likeness (QED) is 0.725. The van der Waals surface area contributed by atoms with Crippen molar-refractivity contribution in [2.24, 2.45) is 11.3 Å². The number of likely N-dealkylation sites (N-methyl/N-ethyl adjacent to an activating group) is 1. The number of benzene rings is 1. The van der Waals surface area contributed by atoms with Gasteiger partial charge in [0.15, 0.2) is 0 Å². The van der Waals surface area contributed by atoms with Crippen LogP contribution >= 0.6 is 0 Å². The molecule has 6 heteroatoms. The summed E-state index contributed by atoms with van der Waals surface area (Å²) in [6, 6.07) is 6.60. The minimum atomic E-state index is -1.07. The molecule has 1 aromatic carbocycles. The molecule has 4 aliphatic rings. The molecule has 1 aromatic rings. The number of carbonyl (C=O) groups excluding carboxylic acids is 1. The van der Waals surface area contributed by atoms with Gasteiger partial charge in [-0.3, -0.25) is 9.69 Å². The van der Waals surface area contributed by atoms with E-state index in [1.54, 1.807) is 7.11 Å². The van der Waals surface area contributed by atoms with E-state index in [0.717, 1.165) is 37.4 Å². The lowest BCUT2D eigenvalue weighted by Gasteiger charge is -2.65. The van der Waals surface area contributed by atoms with Crippen LogP contribution in [0.25, 0.3) is 0 Å². The molecule has 1 saturated heterocycles. The van der Waals surface area contributed by atoms with Crippen molar-refractivity contribution in [1.29, 1.82) is 0 Å². The van der Waals surface area contributed by atoms with Gasteiger partial charge in [-0.1, -0.05) is 32.1 Å². The topological polar surface area (TPSA) is 65.0 Å². The molecule has 1 unspecified atom stereocenters. The summed E-state index contributed by atoms with van der Waals surface area (Å²) in [6.07, 6.45) is 6.65. The van der Waals surface area contributed by atoms with Crippen molar-refractivity contribution in [2.75, 3.05) is 38.7 Å². The molecule has 0 aromatic heterocycles. The highest BCUT2D eigenvalue weighted by Gasteiger charge is 2.75. The third-order valence-corrected chi connectivity index (χ3v) is 9.17. The summed E-state index contributed by atoms with van der Waals surface area (Å²) in [4.78, 5) is 16.8. The molecule has 2 fully saturated rings. The lowest BCUT2D eigenvalue weighted by Crippen LogP contribution is -2.77. The third kappa shape index (κ3) is 2.38. The van der Waals surface area contributed by atoms with Crippen molar-refractivity contribution < 1.29 is 14.6 Å². The van der Waals surface area contributed by atoms with Gasteiger partial charge in [0.05, 0.1) is 13.2 Å². The Morgan fingerprint density at radius 1 is 1.35 bits per heavy atom. The van der Waals surface area contributed by atoms with Gasteiger partial charge in [-0.2, -0.15) is 0 Å². The third-order valence-electron chi connectivity index (χ3n) is 9.17. The van der Waals surface area contributed by atoms with Gasteiger partial charge in [-0.25, -0.2) is 0 Å². The van der Waals surface area contributed by atoms with Crippen molar-refractivity contribution in [3.05, 3.63) is 35.9 Å². The van der Waals surface area contributed by atoms with Crippen LogP contribution in [0.15, 0.2) is 30.4 Å². The SMILES string of the molecule is CC[C@]12C=CCN3CC[C@@]4(c5ccc(OC)cc5N(C)[C@H]4C(O)(CNC(C)=O)[C@@H]1C)[C@@H]32. The Hall–Kier alpha value is -2.05. The monoisotopic (exact) mass is 425 g/mol. The molecule has 1 spiro atoms.